The van der Waals surface area contributed by atoms with Crippen LogP contribution in [0.3, 0.4) is 0 Å². The van der Waals surface area contributed by atoms with Crippen LogP contribution in [0.5, 0.6) is 5.75 Å². The zero-order valence-electron chi connectivity index (χ0n) is 15.7. The average molecular weight is 377 g/mol. The van der Waals surface area contributed by atoms with Gasteiger partial charge in [-0.3, -0.25) is 4.79 Å². The fraction of sp³-hybridized carbons (Fsp3) is 0.381. The molecule has 0 aliphatic rings. The standard InChI is InChI=1S/C21H28N2O2.ClH/c1-4-22-17(3)14-23-21(24)13-18-9-7-11-20(12-18)25-15-19-10-6-5-8-16(19)2;/h5-12,17,22H,4,13-15H2,1-3H3,(H,23,24);1H/t17-;/m1./s1. The van der Waals surface area contributed by atoms with E-state index in [0.717, 1.165) is 17.9 Å². The summed E-state index contributed by atoms with van der Waals surface area (Å²) in [6.45, 7) is 8.26. The van der Waals surface area contributed by atoms with Crippen molar-refractivity contribution in [3.05, 3.63) is 65.2 Å². The molecule has 0 fully saturated rings. The fourth-order valence-electron chi connectivity index (χ4n) is 2.61. The summed E-state index contributed by atoms with van der Waals surface area (Å²) in [6, 6.07) is 16.2. The number of hydrogen-bond acceptors (Lipinski definition) is 3. The molecule has 0 aliphatic heterocycles. The summed E-state index contributed by atoms with van der Waals surface area (Å²) in [4.78, 5) is 12.1. The first-order valence-corrected chi connectivity index (χ1v) is 8.84. The molecule has 1 atom stereocenters. The summed E-state index contributed by atoms with van der Waals surface area (Å²) < 4.78 is 5.88. The average Bonchev–Trinajstić information content (AvgIpc) is 2.60. The van der Waals surface area contributed by atoms with Crippen LogP contribution in [0.4, 0.5) is 0 Å². The molecule has 0 aliphatic carbocycles. The molecule has 0 aromatic heterocycles. The van der Waals surface area contributed by atoms with Gasteiger partial charge in [0.2, 0.25) is 5.91 Å². The molecule has 2 N–H and O–H groups in total. The maximum atomic E-state index is 12.1. The molecule has 0 saturated carbocycles. The Bertz CT molecular complexity index is 691. The summed E-state index contributed by atoms with van der Waals surface area (Å²) in [5, 5.41) is 6.23. The molecule has 5 heteroatoms. The zero-order valence-corrected chi connectivity index (χ0v) is 16.6. The quantitative estimate of drug-likeness (QED) is 0.702. The highest BCUT2D eigenvalue weighted by molar-refractivity contribution is 5.85. The van der Waals surface area contributed by atoms with Crippen molar-refractivity contribution in [1.82, 2.24) is 10.6 Å². The van der Waals surface area contributed by atoms with E-state index in [9.17, 15) is 4.79 Å². The largest absolute Gasteiger partial charge is 0.489 e. The number of likely N-dealkylation sites (N-methyl/N-ethyl adjacent to an activating group) is 1. The van der Waals surface area contributed by atoms with Gasteiger partial charge in [0.05, 0.1) is 6.42 Å². The smallest absolute Gasteiger partial charge is 0.224 e. The van der Waals surface area contributed by atoms with Gasteiger partial charge in [0.25, 0.3) is 0 Å². The molecule has 142 valence electrons. The molecular weight excluding hydrogens is 348 g/mol. The molecule has 0 heterocycles. The zero-order chi connectivity index (χ0) is 18.1. The third-order valence-electron chi connectivity index (χ3n) is 4.08. The summed E-state index contributed by atoms with van der Waals surface area (Å²) in [7, 11) is 0. The first-order chi connectivity index (χ1) is 12.1. The molecule has 0 spiro atoms. The van der Waals surface area contributed by atoms with Crippen LogP contribution < -0.4 is 15.4 Å². The molecular formula is C21H29ClN2O2. The van der Waals surface area contributed by atoms with Crippen LogP contribution in [0.1, 0.15) is 30.5 Å². The van der Waals surface area contributed by atoms with Gasteiger partial charge in [0, 0.05) is 12.6 Å². The minimum Gasteiger partial charge on any atom is -0.489 e. The lowest BCUT2D eigenvalue weighted by Crippen LogP contribution is -2.39. The van der Waals surface area contributed by atoms with Crippen molar-refractivity contribution in [2.75, 3.05) is 13.1 Å². The van der Waals surface area contributed by atoms with Gasteiger partial charge in [-0.15, -0.1) is 12.4 Å². The van der Waals surface area contributed by atoms with Crippen molar-refractivity contribution < 1.29 is 9.53 Å². The molecule has 2 aromatic rings. The van der Waals surface area contributed by atoms with Gasteiger partial charge >= 0.3 is 0 Å². The predicted octanol–water partition coefficient (Wildman–Crippen LogP) is 3.65. The Morgan fingerprint density at radius 3 is 2.65 bits per heavy atom. The van der Waals surface area contributed by atoms with Crippen LogP contribution in [0, 0.1) is 6.92 Å². The van der Waals surface area contributed by atoms with Gasteiger partial charge < -0.3 is 15.4 Å². The second-order valence-corrected chi connectivity index (χ2v) is 6.30. The van der Waals surface area contributed by atoms with Crippen LogP contribution in [0.25, 0.3) is 0 Å². The number of nitrogens with one attached hydrogen (secondary N) is 2. The lowest BCUT2D eigenvalue weighted by molar-refractivity contribution is -0.120. The fourth-order valence-corrected chi connectivity index (χ4v) is 2.61. The first-order valence-electron chi connectivity index (χ1n) is 8.84. The molecule has 0 saturated heterocycles. The Morgan fingerprint density at radius 2 is 1.92 bits per heavy atom. The van der Waals surface area contributed by atoms with E-state index >= 15 is 0 Å². The van der Waals surface area contributed by atoms with E-state index in [1.165, 1.54) is 11.1 Å². The second-order valence-electron chi connectivity index (χ2n) is 6.30. The van der Waals surface area contributed by atoms with Crippen LogP contribution in [0.15, 0.2) is 48.5 Å². The van der Waals surface area contributed by atoms with E-state index in [2.05, 4.69) is 43.5 Å². The third kappa shape index (κ3) is 7.46. The van der Waals surface area contributed by atoms with Gasteiger partial charge in [0.1, 0.15) is 12.4 Å². The first kappa shape index (κ1) is 22.0. The number of benzene rings is 2. The van der Waals surface area contributed by atoms with Crippen molar-refractivity contribution in [3.63, 3.8) is 0 Å². The third-order valence-corrected chi connectivity index (χ3v) is 4.08. The van der Waals surface area contributed by atoms with E-state index in [4.69, 9.17) is 4.74 Å². The highest BCUT2D eigenvalue weighted by atomic mass is 35.5. The molecule has 2 aromatic carbocycles. The summed E-state index contributed by atoms with van der Waals surface area (Å²) in [5.74, 6) is 0.815. The summed E-state index contributed by atoms with van der Waals surface area (Å²) in [6.07, 6.45) is 0.362. The maximum absolute atomic E-state index is 12.1. The van der Waals surface area contributed by atoms with Crippen LogP contribution in [-0.4, -0.2) is 25.0 Å². The minimum atomic E-state index is 0. The molecule has 1 amide bonds. The van der Waals surface area contributed by atoms with Crippen LogP contribution in [0.2, 0.25) is 0 Å². The normalized spacial score (nSPS) is 11.3. The van der Waals surface area contributed by atoms with Gasteiger partial charge in [-0.2, -0.15) is 0 Å². The number of amides is 1. The summed E-state index contributed by atoms with van der Waals surface area (Å²) in [5.41, 5.74) is 3.34. The SMILES string of the molecule is CCN[C@H](C)CNC(=O)Cc1cccc(OCc2ccccc2C)c1.Cl. The number of hydrogen-bond donors (Lipinski definition) is 2. The Morgan fingerprint density at radius 1 is 1.15 bits per heavy atom. The summed E-state index contributed by atoms with van der Waals surface area (Å²) >= 11 is 0. The number of aryl methyl sites for hydroxylation is 1. The molecule has 0 unspecified atom stereocenters. The number of carbonyl (C=O) groups excluding carboxylic acids is 1. The maximum Gasteiger partial charge on any atom is 0.224 e. The lowest BCUT2D eigenvalue weighted by atomic mass is 10.1. The topological polar surface area (TPSA) is 50.4 Å². The van der Waals surface area contributed by atoms with Gasteiger partial charge in [-0.05, 0) is 49.2 Å². The van der Waals surface area contributed by atoms with Crippen molar-refractivity contribution in [3.8, 4) is 5.75 Å². The predicted molar refractivity (Wildman–Crippen MR) is 109 cm³/mol. The minimum absolute atomic E-state index is 0. The molecule has 0 bridgehead atoms. The molecule has 4 nitrogen and oxygen atoms in total. The monoisotopic (exact) mass is 376 g/mol. The lowest BCUT2D eigenvalue weighted by Gasteiger charge is -2.13. The molecule has 2 rings (SSSR count). The Kier molecular flexibility index (Phi) is 9.78. The van der Waals surface area contributed by atoms with Crippen molar-refractivity contribution in [1.29, 1.82) is 0 Å². The highest BCUT2D eigenvalue weighted by Crippen LogP contribution is 2.17. The van der Waals surface area contributed by atoms with E-state index in [0.29, 0.717) is 19.6 Å². The molecule has 0 radical (unpaired) electrons. The van der Waals surface area contributed by atoms with Gasteiger partial charge in [0.15, 0.2) is 0 Å². The van der Waals surface area contributed by atoms with Crippen molar-refractivity contribution >= 4 is 18.3 Å². The van der Waals surface area contributed by atoms with Crippen molar-refractivity contribution in [2.45, 2.75) is 39.8 Å². The van der Waals surface area contributed by atoms with E-state index in [1.54, 1.807) is 0 Å². The Hall–Kier alpha value is -2.04. The van der Waals surface area contributed by atoms with Crippen molar-refractivity contribution in [2.24, 2.45) is 0 Å². The van der Waals surface area contributed by atoms with E-state index < -0.39 is 0 Å². The Balaban J connectivity index is 0.00000338. The van der Waals surface area contributed by atoms with E-state index in [1.807, 2.05) is 36.4 Å². The van der Waals surface area contributed by atoms with E-state index in [-0.39, 0.29) is 24.4 Å². The van der Waals surface area contributed by atoms with Gasteiger partial charge in [-0.25, -0.2) is 0 Å². The van der Waals surface area contributed by atoms with Crippen LogP contribution >= 0.6 is 12.4 Å². The second kappa shape index (κ2) is 11.6. The number of halogens is 1. The highest BCUT2D eigenvalue weighted by Gasteiger charge is 2.07. The Labute approximate surface area is 162 Å². The number of ether oxygens (including phenoxy) is 1. The number of carbonyl (C=O) groups is 1. The van der Waals surface area contributed by atoms with Gasteiger partial charge in [-0.1, -0.05) is 43.3 Å². The molecule has 26 heavy (non-hydrogen) atoms. The van der Waals surface area contributed by atoms with Crippen LogP contribution in [-0.2, 0) is 17.8 Å². The number of rotatable bonds is 9.